The maximum absolute atomic E-state index is 12.6. The van der Waals surface area contributed by atoms with Gasteiger partial charge in [-0.05, 0) is 37.1 Å². The molecular weight excluding hydrogens is 264 g/mol. The van der Waals surface area contributed by atoms with Crippen LogP contribution in [0.3, 0.4) is 0 Å². The van der Waals surface area contributed by atoms with Crippen LogP contribution in [0, 0.1) is 5.92 Å². The zero-order chi connectivity index (χ0) is 15.2. The highest BCUT2D eigenvalue weighted by atomic mass is 16.5. The van der Waals surface area contributed by atoms with Gasteiger partial charge in [-0.1, -0.05) is 26.3 Å². The summed E-state index contributed by atoms with van der Waals surface area (Å²) in [6.07, 6.45) is 2.13. The van der Waals surface area contributed by atoms with Crippen LogP contribution in [0.2, 0.25) is 0 Å². The third-order valence-corrected chi connectivity index (χ3v) is 4.33. The van der Waals surface area contributed by atoms with Gasteiger partial charge < -0.3 is 15.0 Å². The van der Waals surface area contributed by atoms with Crippen molar-refractivity contribution in [3.8, 4) is 5.75 Å². The Bertz CT molecular complexity index is 476. The Labute approximate surface area is 127 Å². The van der Waals surface area contributed by atoms with Crippen molar-refractivity contribution in [2.24, 2.45) is 5.92 Å². The van der Waals surface area contributed by atoms with E-state index in [0.29, 0.717) is 17.5 Å². The van der Waals surface area contributed by atoms with Crippen molar-refractivity contribution in [1.82, 2.24) is 10.2 Å². The molecule has 0 radical (unpaired) electrons. The number of amides is 1. The van der Waals surface area contributed by atoms with Crippen LogP contribution < -0.4 is 10.1 Å². The number of methoxy groups -OCH3 is 1. The molecule has 0 aromatic heterocycles. The van der Waals surface area contributed by atoms with Crippen LogP contribution in [-0.4, -0.2) is 43.6 Å². The maximum Gasteiger partial charge on any atom is 0.253 e. The van der Waals surface area contributed by atoms with Crippen LogP contribution in [0.4, 0.5) is 0 Å². The lowest BCUT2D eigenvalue weighted by Gasteiger charge is -2.38. The highest BCUT2D eigenvalue weighted by Crippen LogP contribution is 2.23. The fourth-order valence-corrected chi connectivity index (χ4v) is 3.10. The quantitative estimate of drug-likeness (QED) is 0.906. The molecule has 1 aromatic carbocycles. The molecule has 1 amide bonds. The lowest BCUT2D eigenvalue weighted by molar-refractivity contribution is 0.0627. The van der Waals surface area contributed by atoms with E-state index in [0.717, 1.165) is 38.2 Å². The Balaban J connectivity index is 2.06. The van der Waals surface area contributed by atoms with Crippen LogP contribution in [0.5, 0.6) is 5.75 Å². The molecule has 0 spiro atoms. The molecule has 1 aromatic rings. The molecule has 1 fully saturated rings. The number of benzene rings is 1. The zero-order valence-corrected chi connectivity index (χ0v) is 13.3. The Morgan fingerprint density at radius 1 is 1.43 bits per heavy atom. The largest absolute Gasteiger partial charge is 0.497 e. The van der Waals surface area contributed by atoms with Crippen molar-refractivity contribution >= 4 is 5.91 Å². The van der Waals surface area contributed by atoms with E-state index in [2.05, 4.69) is 19.2 Å². The second-order valence-electron chi connectivity index (χ2n) is 5.60. The minimum Gasteiger partial charge on any atom is -0.497 e. The fourth-order valence-electron chi connectivity index (χ4n) is 3.10. The van der Waals surface area contributed by atoms with Gasteiger partial charge in [0.25, 0.3) is 5.91 Å². The van der Waals surface area contributed by atoms with Crippen molar-refractivity contribution in [3.05, 3.63) is 29.8 Å². The maximum atomic E-state index is 12.6. The minimum atomic E-state index is 0.113. The smallest absolute Gasteiger partial charge is 0.253 e. The molecule has 0 bridgehead atoms. The van der Waals surface area contributed by atoms with E-state index in [-0.39, 0.29) is 5.91 Å². The van der Waals surface area contributed by atoms with E-state index in [1.54, 1.807) is 7.11 Å². The summed E-state index contributed by atoms with van der Waals surface area (Å²) in [6.45, 7) is 6.99. The van der Waals surface area contributed by atoms with Crippen LogP contribution >= 0.6 is 0 Å². The molecule has 1 aliphatic rings. The number of likely N-dealkylation sites (tertiary alicyclic amines) is 1. The van der Waals surface area contributed by atoms with Gasteiger partial charge in [-0.3, -0.25) is 4.79 Å². The first-order valence-electron chi connectivity index (χ1n) is 7.86. The molecule has 1 heterocycles. The number of carbonyl (C=O) groups is 1. The van der Waals surface area contributed by atoms with Gasteiger partial charge in [0, 0.05) is 24.7 Å². The number of piperidine rings is 1. The number of hydrogen-bond donors (Lipinski definition) is 1. The molecular formula is C17H26N2O2. The van der Waals surface area contributed by atoms with Crippen molar-refractivity contribution in [2.75, 3.05) is 26.7 Å². The normalized spacial score (nSPS) is 22.1. The Morgan fingerprint density at radius 2 is 2.24 bits per heavy atom. The first-order valence-corrected chi connectivity index (χ1v) is 7.86. The Kier molecular flexibility index (Phi) is 5.62. The topological polar surface area (TPSA) is 41.6 Å². The van der Waals surface area contributed by atoms with Gasteiger partial charge in [0.15, 0.2) is 0 Å². The van der Waals surface area contributed by atoms with Gasteiger partial charge in [-0.15, -0.1) is 0 Å². The summed E-state index contributed by atoms with van der Waals surface area (Å²) in [4.78, 5) is 14.6. The third-order valence-electron chi connectivity index (χ3n) is 4.33. The van der Waals surface area contributed by atoms with E-state index in [1.165, 1.54) is 0 Å². The van der Waals surface area contributed by atoms with Gasteiger partial charge in [0.1, 0.15) is 5.75 Å². The predicted molar refractivity (Wildman–Crippen MR) is 84.8 cm³/mol. The summed E-state index contributed by atoms with van der Waals surface area (Å²) in [5.41, 5.74) is 0.714. The summed E-state index contributed by atoms with van der Waals surface area (Å²) in [5.74, 6) is 1.38. The van der Waals surface area contributed by atoms with Gasteiger partial charge in [-0.25, -0.2) is 0 Å². The zero-order valence-electron chi connectivity index (χ0n) is 13.3. The standard InChI is InChI=1S/C17H26N2O2/c1-4-13-12-19(10-9-16(13)18-5-2)17(20)14-7-6-8-15(11-14)21-3/h6-8,11,13,16,18H,4-5,9-10,12H2,1-3H3. The second kappa shape index (κ2) is 7.46. The average Bonchev–Trinajstić information content (AvgIpc) is 2.54. The first kappa shape index (κ1) is 15.8. The van der Waals surface area contributed by atoms with Crippen LogP contribution in [0.1, 0.15) is 37.0 Å². The summed E-state index contributed by atoms with van der Waals surface area (Å²) < 4.78 is 5.20. The lowest BCUT2D eigenvalue weighted by Crippen LogP contribution is -2.50. The first-order chi connectivity index (χ1) is 10.2. The minimum absolute atomic E-state index is 0.113. The number of nitrogens with zero attached hydrogens (tertiary/aromatic N) is 1. The molecule has 0 aliphatic carbocycles. The molecule has 4 heteroatoms. The average molecular weight is 290 g/mol. The molecule has 4 nitrogen and oxygen atoms in total. The Hall–Kier alpha value is -1.55. The second-order valence-corrected chi connectivity index (χ2v) is 5.60. The molecule has 2 unspecified atom stereocenters. The van der Waals surface area contributed by atoms with E-state index in [4.69, 9.17) is 4.74 Å². The van der Waals surface area contributed by atoms with Crippen molar-refractivity contribution < 1.29 is 9.53 Å². The van der Waals surface area contributed by atoms with Crippen molar-refractivity contribution in [3.63, 3.8) is 0 Å². The van der Waals surface area contributed by atoms with E-state index in [9.17, 15) is 4.79 Å². The van der Waals surface area contributed by atoms with Crippen LogP contribution in [0.15, 0.2) is 24.3 Å². The van der Waals surface area contributed by atoms with Crippen molar-refractivity contribution in [1.29, 1.82) is 0 Å². The molecule has 21 heavy (non-hydrogen) atoms. The van der Waals surface area contributed by atoms with Crippen LogP contribution in [0.25, 0.3) is 0 Å². The van der Waals surface area contributed by atoms with E-state index in [1.807, 2.05) is 29.2 Å². The monoisotopic (exact) mass is 290 g/mol. The van der Waals surface area contributed by atoms with E-state index >= 15 is 0 Å². The van der Waals surface area contributed by atoms with Gasteiger partial charge in [-0.2, -0.15) is 0 Å². The molecule has 2 atom stereocenters. The van der Waals surface area contributed by atoms with Gasteiger partial charge >= 0.3 is 0 Å². The molecule has 1 aliphatic heterocycles. The predicted octanol–water partition coefficient (Wildman–Crippen LogP) is 2.55. The van der Waals surface area contributed by atoms with Gasteiger partial charge in [0.05, 0.1) is 7.11 Å². The molecule has 2 rings (SSSR count). The van der Waals surface area contributed by atoms with E-state index < -0.39 is 0 Å². The highest BCUT2D eigenvalue weighted by Gasteiger charge is 2.30. The molecule has 116 valence electrons. The fraction of sp³-hybridized carbons (Fsp3) is 0.588. The van der Waals surface area contributed by atoms with Crippen molar-refractivity contribution in [2.45, 2.75) is 32.7 Å². The summed E-state index contributed by atoms with van der Waals surface area (Å²) in [6, 6.07) is 7.95. The lowest BCUT2D eigenvalue weighted by atomic mass is 9.89. The summed E-state index contributed by atoms with van der Waals surface area (Å²) >= 11 is 0. The number of rotatable bonds is 5. The SMILES string of the molecule is CCNC1CCN(C(=O)c2cccc(OC)c2)CC1CC. The number of ether oxygens (including phenoxy) is 1. The third kappa shape index (κ3) is 3.76. The van der Waals surface area contributed by atoms with Crippen LogP contribution in [-0.2, 0) is 0 Å². The Morgan fingerprint density at radius 3 is 2.90 bits per heavy atom. The number of carbonyl (C=O) groups excluding carboxylic acids is 1. The molecule has 1 N–H and O–H groups in total. The summed E-state index contributed by atoms with van der Waals surface area (Å²) in [5, 5.41) is 3.54. The number of nitrogens with one attached hydrogen (secondary N) is 1. The summed E-state index contributed by atoms with van der Waals surface area (Å²) in [7, 11) is 1.62. The highest BCUT2D eigenvalue weighted by molar-refractivity contribution is 5.94. The molecule has 1 saturated heterocycles. The van der Waals surface area contributed by atoms with Gasteiger partial charge in [0.2, 0.25) is 0 Å². The molecule has 0 saturated carbocycles. The number of hydrogen-bond acceptors (Lipinski definition) is 3.